The third-order valence-corrected chi connectivity index (χ3v) is 3.18. The van der Waals surface area contributed by atoms with E-state index in [1.807, 2.05) is 16.8 Å². The molecule has 0 N–H and O–H groups in total. The molecule has 0 fully saturated rings. The van der Waals surface area contributed by atoms with Crippen molar-refractivity contribution < 1.29 is 4.74 Å². The molecule has 0 radical (unpaired) electrons. The summed E-state index contributed by atoms with van der Waals surface area (Å²) in [5.74, 6) is 0.943. The molecule has 0 unspecified atom stereocenters. The number of aromatic nitrogens is 4. The van der Waals surface area contributed by atoms with Crippen LogP contribution in [0.1, 0.15) is 17.1 Å². The molecule has 0 aromatic carbocycles. The summed E-state index contributed by atoms with van der Waals surface area (Å²) in [4.78, 5) is 6.60. The van der Waals surface area contributed by atoms with Crippen LogP contribution in [0.25, 0.3) is 0 Å². The van der Waals surface area contributed by atoms with Crippen LogP contribution >= 0.6 is 0 Å². The molecule has 6 nitrogen and oxygen atoms in total. The zero-order valence-corrected chi connectivity index (χ0v) is 12.3. The summed E-state index contributed by atoms with van der Waals surface area (Å²) in [5, 5.41) is 8.14. The fourth-order valence-corrected chi connectivity index (χ4v) is 2.01. The first-order valence-electron chi connectivity index (χ1n) is 6.65. The Bertz CT molecular complexity index is 540. The summed E-state index contributed by atoms with van der Waals surface area (Å²) in [6, 6.07) is 4.04. The fraction of sp³-hybridized carbons (Fsp3) is 0.500. The number of nitrogens with zero attached hydrogens (tertiary/aromatic N) is 5. The molecule has 2 aromatic rings. The summed E-state index contributed by atoms with van der Waals surface area (Å²) in [6.07, 6.45) is 3.57. The number of methoxy groups -OCH3 is 1. The van der Waals surface area contributed by atoms with Crippen LogP contribution in [-0.4, -0.2) is 45.4 Å². The second-order valence-electron chi connectivity index (χ2n) is 4.87. The number of rotatable bonds is 7. The van der Waals surface area contributed by atoms with Crippen molar-refractivity contribution in [2.45, 2.75) is 26.6 Å². The van der Waals surface area contributed by atoms with Crippen LogP contribution in [0.3, 0.4) is 0 Å². The van der Waals surface area contributed by atoms with Gasteiger partial charge >= 0.3 is 0 Å². The lowest BCUT2D eigenvalue weighted by Crippen LogP contribution is -2.21. The largest absolute Gasteiger partial charge is 0.383 e. The summed E-state index contributed by atoms with van der Waals surface area (Å²) in [5.41, 5.74) is 2.30. The molecule has 2 rings (SSSR count). The molecular weight excluding hydrogens is 254 g/mol. The van der Waals surface area contributed by atoms with Gasteiger partial charge in [0.25, 0.3) is 0 Å². The van der Waals surface area contributed by atoms with Crippen LogP contribution in [0.2, 0.25) is 0 Å². The second kappa shape index (κ2) is 7.12. The summed E-state index contributed by atoms with van der Waals surface area (Å²) >= 11 is 0. The Morgan fingerprint density at radius 3 is 2.95 bits per heavy atom. The van der Waals surface area contributed by atoms with Crippen molar-refractivity contribution in [2.75, 3.05) is 20.8 Å². The van der Waals surface area contributed by atoms with Crippen LogP contribution in [0.15, 0.2) is 24.7 Å². The SMILES string of the molecule is COCCn1cnnc1CN(C)Cc1ncccc1C. The van der Waals surface area contributed by atoms with Crippen LogP contribution in [-0.2, 0) is 24.4 Å². The van der Waals surface area contributed by atoms with Gasteiger partial charge in [-0.2, -0.15) is 0 Å². The van der Waals surface area contributed by atoms with Crippen LogP contribution in [0.4, 0.5) is 0 Å². The quantitative estimate of drug-likeness (QED) is 0.761. The minimum Gasteiger partial charge on any atom is -0.383 e. The van der Waals surface area contributed by atoms with E-state index in [1.54, 1.807) is 13.4 Å². The van der Waals surface area contributed by atoms with Crippen molar-refractivity contribution in [1.82, 2.24) is 24.6 Å². The molecule has 0 aliphatic carbocycles. The molecule has 20 heavy (non-hydrogen) atoms. The maximum absolute atomic E-state index is 5.09. The molecule has 0 saturated heterocycles. The maximum Gasteiger partial charge on any atom is 0.147 e. The van der Waals surface area contributed by atoms with Crippen LogP contribution < -0.4 is 0 Å². The van der Waals surface area contributed by atoms with Gasteiger partial charge in [-0.05, 0) is 25.6 Å². The molecule has 0 amide bonds. The van der Waals surface area contributed by atoms with Gasteiger partial charge in [-0.1, -0.05) is 6.07 Å². The van der Waals surface area contributed by atoms with Crippen molar-refractivity contribution >= 4 is 0 Å². The Morgan fingerprint density at radius 1 is 1.35 bits per heavy atom. The van der Waals surface area contributed by atoms with Crippen LogP contribution in [0.5, 0.6) is 0 Å². The highest BCUT2D eigenvalue weighted by molar-refractivity contribution is 5.17. The Balaban J connectivity index is 1.96. The monoisotopic (exact) mass is 275 g/mol. The topological polar surface area (TPSA) is 56.1 Å². The highest BCUT2D eigenvalue weighted by Crippen LogP contribution is 2.08. The van der Waals surface area contributed by atoms with E-state index in [1.165, 1.54) is 5.56 Å². The van der Waals surface area contributed by atoms with Crippen molar-refractivity contribution in [3.63, 3.8) is 0 Å². The molecule has 0 saturated carbocycles. The van der Waals surface area contributed by atoms with Crippen molar-refractivity contribution in [2.24, 2.45) is 0 Å². The molecular formula is C14H21N5O. The minimum absolute atomic E-state index is 0.661. The summed E-state index contributed by atoms with van der Waals surface area (Å²) in [6.45, 7) is 5.05. The molecule has 2 heterocycles. The van der Waals surface area contributed by atoms with Gasteiger partial charge in [-0.3, -0.25) is 9.88 Å². The van der Waals surface area contributed by atoms with E-state index >= 15 is 0 Å². The molecule has 0 aliphatic heterocycles. The van der Waals surface area contributed by atoms with Gasteiger partial charge in [-0.25, -0.2) is 0 Å². The van der Waals surface area contributed by atoms with Gasteiger partial charge < -0.3 is 9.30 Å². The maximum atomic E-state index is 5.09. The number of hydrogen-bond donors (Lipinski definition) is 0. The summed E-state index contributed by atoms with van der Waals surface area (Å²) in [7, 11) is 3.75. The predicted octanol–water partition coefficient (Wildman–Crippen LogP) is 1.26. The van der Waals surface area contributed by atoms with Gasteiger partial charge in [0.05, 0.1) is 18.8 Å². The predicted molar refractivity (Wildman–Crippen MR) is 76.0 cm³/mol. The van der Waals surface area contributed by atoms with Gasteiger partial charge in [0.1, 0.15) is 12.2 Å². The van der Waals surface area contributed by atoms with E-state index in [0.717, 1.165) is 31.2 Å². The summed E-state index contributed by atoms with van der Waals surface area (Å²) < 4.78 is 7.11. The van der Waals surface area contributed by atoms with E-state index in [-0.39, 0.29) is 0 Å². The van der Waals surface area contributed by atoms with Gasteiger partial charge in [0, 0.05) is 26.4 Å². The zero-order chi connectivity index (χ0) is 14.4. The van der Waals surface area contributed by atoms with Crippen LogP contribution in [0, 0.1) is 6.92 Å². The zero-order valence-electron chi connectivity index (χ0n) is 12.3. The average Bonchev–Trinajstić information content (AvgIpc) is 2.86. The standard InChI is InChI=1S/C14H21N5O/c1-12-5-4-6-15-13(12)9-18(2)10-14-17-16-11-19(14)7-8-20-3/h4-6,11H,7-10H2,1-3H3. The molecule has 0 bridgehead atoms. The van der Waals surface area contributed by atoms with E-state index in [2.05, 4.69) is 40.1 Å². The van der Waals surface area contributed by atoms with E-state index in [0.29, 0.717) is 6.61 Å². The van der Waals surface area contributed by atoms with Gasteiger partial charge in [0.2, 0.25) is 0 Å². The molecule has 0 spiro atoms. The molecule has 2 aromatic heterocycles. The molecule has 6 heteroatoms. The van der Waals surface area contributed by atoms with E-state index in [4.69, 9.17) is 4.74 Å². The van der Waals surface area contributed by atoms with E-state index < -0.39 is 0 Å². The minimum atomic E-state index is 0.661. The molecule has 0 aliphatic rings. The lowest BCUT2D eigenvalue weighted by Gasteiger charge is -2.17. The lowest BCUT2D eigenvalue weighted by atomic mass is 10.2. The van der Waals surface area contributed by atoms with Crippen molar-refractivity contribution in [3.8, 4) is 0 Å². The Kier molecular flexibility index (Phi) is 5.20. The molecule has 108 valence electrons. The normalized spacial score (nSPS) is 11.2. The number of pyridine rings is 1. The van der Waals surface area contributed by atoms with Gasteiger partial charge in [-0.15, -0.1) is 10.2 Å². The number of ether oxygens (including phenoxy) is 1. The third-order valence-electron chi connectivity index (χ3n) is 3.18. The highest BCUT2D eigenvalue weighted by Gasteiger charge is 2.09. The van der Waals surface area contributed by atoms with Crippen molar-refractivity contribution in [3.05, 3.63) is 41.7 Å². The van der Waals surface area contributed by atoms with E-state index in [9.17, 15) is 0 Å². The Labute approximate surface area is 119 Å². The first-order valence-corrected chi connectivity index (χ1v) is 6.65. The molecule has 0 atom stereocenters. The Morgan fingerprint density at radius 2 is 2.20 bits per heavy atom. The second-order valence-corrected chi connectivity index (χ2v) is 4.87. The van der Waals surface area contributed by atoms with Gasteiger partial charge in [0.15, 0.2) is 0 Å². The van der Waals surface area contributed by atoms with Crippen molar-refractivity contribution in [1.29, 1.82) is 0 Å². The highest BCUT2D eigenvalue weighted by atomic mass is 16.5. The number of aryl methyl sites for hydroxylation is 1. The first kappa shape index (κ1) is 14.6. The fourth-order valence-electron chi connectivity index (χ4n) is 2.01. The Hall–Kier alpha value is -1.79. The third kappa shape index (κ3) is 3.85. The first-order chi connectivity index (χ1) is 9.70. The number of hydrogen-bond acceptors (Lipinski definition) is 5. The lowest BCUT2D eigenvalue weighted by molar-refractivity contribution is 0.184. The average molecular weight is 275 g/mol. The smallest absolute Gasteiger partial charge is 0.147 e.